The zero-order chi connectivity index (χ0) is 25.5. The molecule has 13 heteroatoms. The molecule has 0 saturated heterocycles. The predicted octanol–water partition coefficient (Wildman–Crippen LogP) is 3.59. The normalized spacial score (nSPS) is 12.5. The van der Waals surface area contributed by atoms with Crippen molar-refractivity contribution in [3.8, 4) is 11.5 Å². The van der Waals surface area contributed by atoms with Gasteiger partial charge in [-0.25, -0.2) is 23.7 Å². The van der Waals surface area contributed by atoms with Gasteiger partial charge in [-0.2, -0.15) is 0 Å². The topological polar surface area (TPSA) is 137 Å². The summed E-state index contributed by atoms with van der Waals surface area (Å²) >= 11 is 1.36. The Morgan fingerprint density at radius 1 is 1.17 bits per heavy atom. The zero-order valence-electron chi connectivity index (χ0n) is 19.6. The highest BCUT2D eigenvalue weighted by molar-refractivity contribution is 7.99. The van der Waals surface area contributed by atoms with Gasteiger partial charge in [0.2, 0.25) is 5.13 Å². The largest absolute Gasteiger partial charge is 0.493 e. The van der Waals surface area contributed by atoms with Crippen LogP contribution in [0.2, 0.25) is 0 Å². The van der Waals surface area contributed by atoms with Crippen molar-refractivity contribution in [2.75, 3.05) is 25.6 Å². The van der Waals surface area contributed by atoms with E-state index in [9.17, 15) is 9.00 Å². The summed E-state index contributed by atoms with van der Waals surface area (Å²) in [6.07, 6.45) is 1.27. The first-order valence-corrected chi connectivity index (χ1v) is 13.4. The van der Waals surface area contributed by atoms with E-state index in [-0.39, 0.29) is 6.61 Å². The van der Waals surface area contributed by atoms with Gasteiger partial charge in [-0.1, -0.05) is 23.5 Å². The summed E-state index contributed by atoms with van der Waals surface area (Å²) in [7, 11) is -1.44. The van der Waals surface area contributed by atoms with Crippen molar-refractivity contribution in [3.05, 3.63) is 53.8 Å². The summed E-state index contributed by atoms with van der Waals surface area (Å²) in [5, 5.41) is 12.3. The Hall–Kier alpha value is -3.97. The van der Waals surface area contributed by atoms with E-state index in [1.165, 1.54) is 17.7 Å². The van der Waals surface area contributed by atoms with Gasteiger partial charge in [-0.05, 0) is 36.6 Å². The van der Waals surface area contributed by atoms with Crippen molar-refractivity contribution in [2.24, 2.45) is 0 Å². The van der Waals surface area contributed by atoms with E-state index in [0.717, 1.165) is 10.9 Å². The summed E-state index contributed by atoms with van der Waals surface area (Å²) in [5.74, 6) is 5.29. The molecule has 11 nitrogen and oxygen atoms in total. The maximum Gasteiger partial charge on any atom is 0.418 e. The molecule has 0 aliphatic heterocycles. The summed E-state index contributed by atoms with van der Waals surface area (Å²) in [5.41, 5.74) is 3.26. The number of carbonyl (C=O) groups excluding carboxylic acids is 1. The molecule has 0 aliphatic rings. The summed E-state index contributed by atoms with van der Waals surface area (Å²) in [6.45, 7) is 2.21. The number of amides is 1. The molecule has 0 fully saturated rings. The van der Waals surface area contributed by atoms with Gasteiger partial charge < -0.3 is 19.5 Å². The van der Waals surface area contributed by atoms with E-state index in [0.29, 0.717) is 45.9 Å². The second kappa shape index (κ2) is 11.2. The fourth-order valence-corrected chi connectivity index (χ4v) is 4.74. The maximum atomic E-state index is 12.7. The van der Waals surface area contributed by atoms with Gasteiger partial charge >= 0.3 is 6.09 Å². The van der Waals surface area contributed by atoms with E-state index in [1.807, 2.05) is 18.2 Å². The van der Waals surface area contributed by atoms with Crippen molar-refractivity contribution in [1.29, 1.82) is 0 Å². The third-order valence-corrected chi connectivity index (χ3v) is 7.12. The average molecular weight is 529 g/mol. The Labute approximate surface area is 212 Å². The molecule has 188 valence electrons. The number of methoxy groups -OCH3 is 1. The van der Waals surface area contributed by atoms with Crippen LogP contribution in [-0.2, 0) is 20.9 Å². The fraction of sp³-hybridized carbons (Fsp3) is 0.217. The lowest BCUT2D eigenvalue weighted by molar-refractivity contribution is 0.159. The number of ether oxygens (including phenoxy) is 3. The van der Waals surface area contributed by atoms with E-state index in [2.05, 4.69) is 36.1 Å². The second-order valence-electron chi connectivity index (χ2n) is 7.35. The van der Waals surface area contributed by atoms with Gasteiger partial charge in [0.1, 0.15) is 17.7 Å². The lowest BCUT2D eigenvalue weighted by atomic mass is 10.1. The number of carbonyl (C=O) groups is 1. The standard InChI is InChI=1S/C23H24N6O5S2/c1-4-33-23(30)29-36(3,31)16-7-5-15(6-8-16)9-10-34-20-12-18-17(11-19(20)32-2)21(25-13-24-18)27-22-28-26-14-35-22/h5-8,11-14H,3-4,9-10H2,1-2H3,(H,29,30,31)(H,24,25,27,28). The van der Waals surface area contributed by atoms with Gasteiger partial charge in [0.15, 0.2) is 11.5 Å². The van der Waals surface area contributed by atoms with Crippen LogP contribution < -0.4 is 19.5 Å². The van der Waals surface area contributed by atoms with E-state index in [4.69, 9.17) is 14.2 Å². The Kier molecular flexibility index (Phi) is 7.80. The first-order chi connectivity index (χ1) is 17.4. The van der Waals surface area contributed by atoms with E-state index >= 15 is 0 Å². The third kappa shape index (κ3) is 5.98. The van der Waals surface area contributed by atoms with Gasteiger partial charge in [-0.3, -0.25) is 0 Å². The minimum Gasteiger partial charge on any atom is -0.493 e. The van der Waals surface area contributed by atoms with Crippen LogP contribution in [0.5, 0.6) is 11.5 Å². The number of aromatic nitrogens is 4. The Balaban J connectivity index is 1.43. The number of hydrogen-bond donors (Lipinski definition) is 2. The van der Waals surface area contributed by atoms with Gasteiger partial charge in [-0.15, -0.1) is 10.2 Å². The third-order valence-electron chi connectivity index (χ3n) is 4.98. The van der Waals surface area contributed by atoms with Crippen LogP contribution in [0, 0.1) is 0 Å². The minimum atomic E-state index is -3.01. The summed E-state index contributed by atoms with van der Waals surface area (Å²) in [4.78, 5) is 20.7. The van der Waals surface area contributed by atoms with Gasteiger partial charge in [0.05, 0.1) is 35.5 Å². The minimum absolute atomic E-state index is 0.178. The number of benzene rings is 2. The van der Waals surface area contributed by atoms with Crippen LogP contribution in [0.1, 0.15) is 12.5 Å². The fourth-order valence-electron chi connectivity index (χ4n) is 3.27. The number of hydrogen-bond acceptors (Lipinski definition) is 11. The highest BCUT2D eigenvalue weighted by Gasteiger charge is 2.14. The maximum absolute atomic E-state index is 12.7. The van der Waals surface area contributed by atoms with Crippen LogP contribution in [0.3, 0.4) is 0 Å². The zero-order valence-corrected chi connectivity index (χ0v) is 21.2. The van der Waals surface area contributed by atoms with Crippen LogP contribution >= 0.6 is 11.3 Å². The highest BCUT2D eigenvalue weighted by atomic mass is 32.2. The van der Waals surface area contributed by atoms with Crippen LogP contribution in [-0.4, -0.2) is 56.7 Å². The Morgan fingerprint density at radius 3 is 2.67 bits per heavy atom. The first kappa shape index (κ1) is 25.1. The molecule has 0 radical (unpaired) electrons. The lowest BCUT2D eigenvalue weighted by Crippen LogP contribution is -2.30. The molecule has 0 spiro atoms. The van der Waals surface area contributed by atoms with Gasteiger partial charge in [0.25, 0.3) is 0 Å². The smallest absolute Gasteiger partial charge is 0.418 e. The molecule has 0 aliphatic carbocycles. The number of fused-ring (bicyclic) bond motifs is 1. The summed E-state index contributed by atoms with van der Waals surface area (Å²) < 4.78 is 31.3. The quantitative estimate of drug-likeness (QED) is 0.294. The Bertz CT molecular complexity index is 1440. The molecule has 2 aromatic carbocycles. The molecule has 0 saturated carbocycles. The monoisotopic (exact) mass is 528 g/mol. The van der Waals surface area contributed by atoms with Crippen molar-refractivity contribution < 1.29 is 23.2 Å². The molecule has 0 bridgehead atoms. The first-order valence-electron chi connectivity index (χ1n) is 10.8. The number of rotatable bonds is 10. The average Bonchev–Trinajstić information content (AvgIpc) is 3.37. The van der Waals surface area contributed by atoms with Crippen molar-refractivity contribution in [2.45, 2.75) is 18.2 Å². The molecule has 1 atom stereocenters. The SMILES string of the molecule is C=S(=O)(NC(=O)OCC)c1ccc(CCOc2cc3ncnc(Nc4nncs4)c3cc2OC)cc1. The lowest BCUT2D eigenvalue weighted by Gasteiger charge is -2.14. The van der Waals surface area contributed by atoms with Crippen LogP contribution in [0.25, 0.3) is 10.9 Å². The van der Waals surface area contributed by atoms with E-state index in [1.54, 1.807) is 37.7 Å². The molecule has 2 aromatic heterocycles. The number of nitrogens with one attached hydrogen (secondary N) is 2. The molecule has 4 aromatic rings. The predicted molar refractivity (Wildman–Crippen MR) is 139 cm³/mol. The molecule has 2 N–H and O–H groups in total. The Morgan fingerprint density at radius 2 is 1.97 bits per heavy atom. The number of nitrogens with zero attached hydrogens (tertiary/aromatic N) is 4. The second-order valence-corrected chi connectivity index (χ2v) is 10.2. The summed E-state index contributed by atoms with van der Waals surface area (Å²) in [6, 6.07) is 10.6. The van der Waals surface area contributed by atoms with Gasteiger partial charge in [0, 0.05) is 22.8 Å². The molecule has 36 heavy (non-hydrogen) atoms. The molecule has 4 rings (SSSR count). The van der Waals surface area contributed by atoms with Crippen LogP contribution in [0.4, 0.5) is 15.7 Å². The molecule has 1 unspecified atom stereocenters. The number of anilines is 2. The molecular formula is C23H24N6O5S2. The van der Waals surface area contributed by atoms with Crippen molar-refractivity contribution in [3.63, 3.8) is 0 Å². The molecular weight excluding hydrogens is 504 g/mol. The highest BCUT2D eigenvalue weighted by Crippen LogP contribution is 2.35. The van der Waals surface area contributed by atoms with Crippen molar-refractivity contribution in [1.82, 2.24) is 24.9 Å². The van der Waals surface area contributed by atoms with Crippen molar-refractivity contribution >= 4 is 54.9 Å². The van der Waals surface area contributed by atoms with Crippen LogP contribution in [0.15, 0.2) is 53.1 Å². The van der Waals surface area contributed by atoms with E-state index < -0.39 is 15.8 Å². The molecule has 1 amide bonds. The molecule has 2 heterocycles.